The number of hydrogen-bond acceptors (Lipinski definition) is 6. The van der Waals surface area contributed by atoms with E-state index in [1.165, 1.54) is 13.3 Å². The zero-order chi connectivity index (χ0) is 19.1. The summed E-state index contributed by atoms with van der Waals surface area (Å²) in [5, 5.41) is 3.67. The third-order valence-electron chi connectivity index (χ3n) is 3.16. The Morgan fingerprint density at radius 1 is 1.15 bits per heavy atom. The van der Waals surface area contributed by atoms with Crippen LogP contribution in [0.2, 0.25) is 0 Å². The summed E-state index contributed by atoms with van der Waals surface area (Å²) in [6.07, 6.45) is 1.37. The predicted molar refractivity (Wildman–Crippen MR) is 99.0 cm³/mol. The lowest BCUT2D eigenvalue weighted by Crippen LogP contribution is -2.24. The van der Waals surface area contributed by atoms with E-state index in [1.807, 2.05) is 0 Å². The zero-order valence-electron chi connectivity index (χ0n) is 14.0. The number of nitrogens with two attached hydrogens (primary N) is 1. The normalized spacial score (nSPS) is 10.4. The molecule has 0 saturated carbocycles. The summed E-state index contributed by atoms with van der Waals surface area (Å²) in [6.45, 7) is 0. The molecule has 2 amide bonds. The van der Waals surface area contributed by atoms with Crippen molar-refractivity contribution in [3.8, 4) is 17.2 Å². The Morgan fingerprint density at radius 3 is 2.42 bits per heavy atom. The van der Waals surface area contributed by atoms with E-state index in [0.29, 0.717) is 27.1 Å². The first-order valence-corrected chi connectivity index (χ1v) is 8.06. The molecule has 9 heteroatoms. The van der Waals surface area contributed by atoms with E-state index >= 15 is 0 Å². The number of nitrogens with zero attached hydrogens (tertiary/aromatic N) is 1. The van der Waals surface area contributed by atoms with Gasteiger partial charge >= 0.3 is 12.0 Å². The van der Waals surface area contributed by atoms with Gasteiger partial charge in [0.25, 0.3) is 0 Å². The van der Waals surface area contributed by atoms with Gasteiger partial charge in [0.15, 0.2) is 11.5 Å². The molecule has 3 N–H and O–H groups in total. The number of urea groups is 1. The average Bonchev–Trinajstić information content (AvgIpc) is 2.63. The molecular weight excluding hydrogens is 406 g/mol. The van der Waals surface area contributed by atoms with Crippen molar-refractivity contribution in [3.05, 3.63) is 52.0 Å². The number of hydrazone groups is 1. The highest BCUT2D eigenvalue weighted by Gasteiger charge is 2.17. The highest BCUT2D eigenvalue weighted by atomic mass is 79.9. The molecule has 0 aliphatic carbocycles. The lowest BCUT2D eigenvalue weighted by atomic mass is 10.2. The van der Waals surface area contributed by atoms with Crippen LogP contribution in [0.1, 0.15) is 15.9 Å². The van der Waals surface area contributed by atoms with Crippen LogP contribution in [-0.4, -0.2) is 32.4 Å². The first kappa shape index (κ1) is 19.3. The van der Waals surface area contributed by atoms with E-state index in [1.54, 1.807) is 43.5 Å². The van der Waals surface area contributed by atoms with Gasteiger partial charge in [-0.25, -0.2) is 15.0 Å². The van der Waals surface area contributed by atoms with Crippen LogP contribution in [0.15, 0.2) is 46.0 Å². The van der Waals surface area contributed by atoms with Gasteiger partial charge in [-0.05, 0) is 57.9 Å². The molecule has 136 valence electrons. The Labute approximate surface area is 158 Å². The smallest absolute Gasteiger partial charge is 0.343 e. The van der Waals surface area contributed by atoms with Crippen molar-refractivity contribution < 1.29 is 23.8 Å². The fraction of sp³-hybridized carbons (Fsp3) is 0.118. The Hall–Kier alpha value is -3.07. The standard InChI is InChI=1S/C17H16BrN3O5/c1-24-12-5-3-11(4-6-12)16(22)26-15-13(18)7-10(8-14(15)25-2)9-20-21-17(19)23/h3-9H,1-2H3,(H3,19,21,23). The number of primary amides is 1. The van der Waals surface area contributed by atoms with E-state index in [9.17, 15) is 9.59 Å². The summed E-state index contributed by atoms with van der Waals surface area (Å²) < 4.78 is 16.2. The number of methoxy groups -OCH3 is 2. The van der Waals surface area contributed by atoms with Crippen molar-refractivity contribution in [1.82, 2.24) is 5.43 Å². The van der Waals surface area contributed by atoms with Gasteiger partial charge in [0.05, 0.1) is 30.5 Å². The monoisotopic (exact) mass is 421 g/mol. The number of rotatable bonds is 6. The van der Waals surface area contributed by atoms with Crippen molar-refractivity contribution in [1.29, 1.82) is 0 Å². The number of ether oxygens (including phenoxy) is 3. The van der Waals surface area contributed by atoms with Crippen LogP contribution in [-0.2, 0) is 0 Å². The molecule has 0 radical (unpaired) electrons. The molecule has 2 aromatic rings. The predicted octanol–water partition coefficient (Wildman–Crippen LogP) is 2.69. The van der Waals surface area contributed by atoms with Crippen LogP contribution in [0.25, 0.3) is 0 Å². The quantitative estimate of drug-likeness (QED) is 0.322. The van der Waals surface area contributed by atoms with Crippen LogP contribution in [0.5, 0.6) is 17.2 Å². The topological polar surface area (TPSA) is 112 Å². The molecule has 0 aromatic heterocycles. The molecule has 0 aliphatic rings. The molecule has 0 fully saturated rings. The van der Waals surface area contributed by atoms with Gasteiger partial charge < -0.3 is 19.9 Å². The van der Waals surface area contributed by atoms with E-state index in [-0.39, 0.29) is 5.75 Å². The zero-order valence-corrected chi connectivity index (χ0v) is 15.6. The number of amides is 2. The molecule has 0 spiro atoms. The number of esters is 1. The lowest BCUT2D eigenvalue weighted by Gasteiger charge is -2.12. The van der Waals surface area contributed by atoms with E-state index < -0.39 is 12.0 Å². The minimum absolute atomic E-state index is 0.216. The van der Waals surface area contributed by atoms with Crippen molar-refractivity contribution in [3.63, 3.8) is 0 Å². The van der Waals surface area contributed by atoms with Gasteiger partial charge in [-0.15, -0.1) is 0 Å². The number of carbonyl (C=O) groups is 2. The minimum Gasteiger partial charge on any atom is -0.497 e. The van der Waals surface area contributed by atoms with Crippen molar-refractivity contribution in [2.24, 2.45) is 10.8 Å². The van der Waals surface area contributed by atoms with Gasteiger partial charge in [0, 0.05) is 0 Å². The minimum atomic E-state index is -0.780. The van der Waals surface area contributed by atoms with Gasteiger partial charge in [-0.1, -0.05) is 0 Å². The number of halogens is 1. The van der Waals surface area contributed by atoms with Crippen molar-refractivity contribution in [2.45, 2.75) is 0 Å². The van der Waals surface area contributed by atoms with Gasteiger partial charge in [-0.2, -0.15) is 5.10 Å². The fourth-order valence-corrected chi connectivity index (χ4v) is 2.50. The van der Waals surface area contributed by atoms with Gasteiger partial charge in [0.2, 0.25) is 0 Å². The molecule has 0 saturated heterocycles. The SMILES string of the molecule is COc1ccc(C(=O)Oc2c(Br)cc(C=NNC(N)=O)cc2OC)cc1. The Morgan fingerprint density at radius 2 is 1.85 bits per heavy atom. The lowest BCUT2D eigenvalue weighted by molar-refractivity contribution is 0.0728. The maximum absolute atomic E-state index is 12.3. The number of nitrogens with one attached hydrogen (secondary N) is 1. The van der Waals surface area contributed by atoms with Crippen LogP contribution in [0.4, 0.5) is 4.79 Å². The molecule has 0 aliphatic heterocycles. The summed E-state index contributed by atoms with van der Waals surface area (Å²) in [6, 6.07) is 8.97. The molecule has 8 nitrogen and oxygen atoms in total. The van der Waals surface area contributed by atoms with Crippen molar-refractivity contribution >= 4 is 34.1 Å². The van der Waals surface area contributed by atoms with Crippen molar-refractivity contribution in [2.75, 3.05) is 14.2 Å². The first-order chi connectivity index (χ1) is 12.4. The highest BCUT2D eigenvalue weighted by Crippen LogP contribution is 2.36. The first-order valence-electron chi connectivity index (χ1n) is 7.27. The largest absolute Gasteiger partial charge is 0.497 e. The summed E-state index contributed by atoms with van der Waals surface area (Å²) in [5.74, 6) is 0.604. The second kappa shape index (κ2) is 8.86. The highest BCUT2D eigenvalue weighted by molar-refractivity contribution is 9.10. The maximum atomic E-state index is 12.3. The van der Waals surface area contributed by atoms with Crippen LogP contribution in [0.3, 0.4) is 0 Å². The van der Waals surface area contributed by atoms with Crippen LogP contribution in [0, 0.1) is 0 Å². The molecule has 2 aromatic carbocycles. The Kier molecular flexibility index (Phi) is 6.56. The summed E-state index contributed by atoms with van der Waals surface area (Å²) in [5.41, 5.74) is 7.96. The van der Waals surface area contributed by atoms with Gasteiger partial charge in [-0.3, -0.25) is 0 Å². The number of benzene rings is 2. The number of carbonyl (C=O) groups excluding carboxylic acids is 2. The second-order valence-electron chi connectivity index (χ2n) is 4.89. The van der Waals surface area contributed by atoms with Gasteiger partial charge in [0.1, 0.15) is 5.75 Å². The van der Waals surface area contributed by atoms with Crippen LogP contribution < -0.4 is 25.4 Å². The summed E-state index contributed by atoms with van der Waals surface area (Å²) in [4.78, 5) is 23.0. The second-order valence-corrected chi connectivity index (χ2v) is 5.74. The molecule has 0 heterocycles. The van der Waals surface area contributed by atoms with E-state index in [0.717, 1.165) is 0 Å². The van der Waals surface area contributed by atoms with E-state index in [4.69, 9.17) is 19.9 Å². The third kappa shape index (κ3) is 4.96. The molecule has 26 heavy (non-hydrogen) atoms. The maximum Gasteiger partial charge on any atom is 0.343 e. The molecule has 2 rings (SSSR count). The average molecular weight is 422 g/mol. The summed E-state index contributed by atoms with van der Waals surface area (Å²) >= 11 is 3.33. The Balaban J connectivity index is 2.23. The van der Waals surface area contributed by atoms with E-state index in [2.05, 4.69) is 26.5 Å². The van der Waals surface area contributed by atoms with Crippen LogP contribution >= 0.6 is 15.9 Å². The number of hydrogen-bond donors (Lipinski definition) is 2. The molecule has 0 bridgehead atoms. The fourth-order valence-electron chi connectivity index (χ4n) is 1.96. The third-order valence-corrected chi connectivity index (χ3v) is 3.75. The summed E-state index contributed by atoms with van der Waals surface area (Å²) in [7, 11) is 2.98. The Bertz CT molecular complexity index is 837. The molecular formula is C17H16BrN3O5. The molecule has 0 atom stereocenters. The molecule has 0 unspecified atom stereocenters.